The third kappa shape index (κ3) is 5.33. The third-order valence-electron chi connectivity index (χ3n) is 5.13. The Balaban J connectivity index is 1.56. The van der Waals surface area contributed by atoms with Crippen molar-refractivity contribution in [3.63, 3.8) is 0 Å². The minimum atomic E-state index is -0.185. The summed E-state index contributed by atoms with van der Waals surface area (Å²) in [6, 6.07) is 6.01. The molecule has 1 saturated carbocycles. The topological polar surface area (TPSA) is 73.6 Å². The largest absolute Gasteiger partial charge is 0.491 e. The molecule has 138 valence electrons. The van der Waals surface area contributed by atoms with Gasteiger partial charge in [0.15, 0.2) is 0 Å². The second-order valence-electron chi connectivity index (χ2n) is 7.04. The number of hydrogen-bond acceptors (Lipinski definition) is 4. The lowest BCUT2D eigenvalue weighted by atomic mass is 9.85. The number of hydrogen-bond donors (Lipinski definition) is 2. The molecular weight excluding hydrogens is 340 g/mol. The average Bonchev–Trinajstić information content (AvgIpc) is 3.13. The van der Waals surface area contributed by atoms with E-state index in [0.717, 1.165) is 56.4 Å². The van der Waals surface area contributed by atoms with Gasteiger partial charge in [-0.05, 0) is 50.3 Å². The van der Waals surface area contributed by atoms with Crippen LogP contribution in [0.2, 0.25) is 5.02 Å². The Kier molecular flexibility index (Phi) is 6.57. The fraction of sp³-hybridized carbons (Fsp3) is 0.632. The number of carbonyl (C=O) groups is 1. The zero-order valence-electron chi connectivity index (χ0n) is 14.5. The molecule has 3 rings (SSSR count). The molecule has 1 aliphatic heterocycles. The molecule has 1 amide bonds. The van der Waals surface area contributed by atoms with E-state index in [0.29, 0.717) is 24.2 Å². The highest BCUT2D eigenvalue weighted by Crippen LogP contribution is 2.27. The highest BCUT2D eigenvalue weighted by molar-refractivity contribution is 6.30. The number of ether oxygens (including phenoxy) is 2. The lowest BCUT2D eigenvalue weighted by molar-refractivity contribution is -0.122. The predicted octanol–water partition coefficient (Wildman–Crippen LogP) is 3.03. The van der Waals surface area contributed by atoms with Crippen LogP contribution >= 0.6 is 11.6 Å². The van der Waals surface area contributed by atoms with Gasteiger partial charge in [-0.15, -0.1) is 0 Å². The van der Waals surface area contributed by atoms with Crippen LogP contribution in [-0.2, 0) is 16.1 Å². The quantitative estimate of drug-likeness (QED) is 0.777. The Morgan fingerprint density at radius 2 is 2.20 bits per heavy atom. The van der Waals surface area contributed by atoms with E-state index in [1.165, 1.54) is 0 Å². The first-order valence-corrected chi connectivity index (χ1v) is 9.55. The minimum Gasteiger partial charge on any atom is -0.491 e. The molecule has 1 heterocycles. The molecule has 25 heavy (non-hydrogen) atoms. The molecule has 6 heteroatoms. The summed E-state index contributed by atoms with van der Waals surface area (Å²) in [5.74, 6) is 0.644. The maximum Gasteiger partial charge on any atom is 0.220 e. The highest BCUT2D eigenvalue weighted by Gasteiger charge is 2.25. The Morgan fingerprint density at radius 1 is 1.32 bits per heavy atom. The maximum absolute atomic E-state index is 11.4. The Bertz CT molecular complexity index is 590. The van der Waals surface area contributed by atoms with E-state index >= 15 is 0 Å². The van der Waals surface area contributed by atoms with E-state index in [-0.39, 0.29) is 17.9 Å². The van der Waals surface area contributed by atoms with Crippen molar-refractivity contribution in [1.29, 1.82) is 0 Å². The second-order valence-corrected chi connectivity index (χ2v) is 7.48. The summed E-state index contributed by atoms with van der Waals surface area (Å²) in [5.41, 5.74) is 6.50. The van der Waals surface area contributed by atoms with Crippen LogP contribution in [0.3, 0.4) is 0 Å². The molecule has 1 aliphatic carbocycles. The molecule has 0 radical (unpaired) electrons. The van der Waals surface area contributed by atoms with Crippen LogP contribution in [0.15, 0.2) is 18.2 Å². The number of primary amides is 1. The van der Waals surface area contributed by atoms with Crippen molar-refractivity contribution < 1.29 is 14.3 Å². The number of rotatable bonds is 7. The van der Waals surface area contributed by atoms with Crippen LogP contribution in [0.5, 0.6) is 5.75 Å². The van der Waals surface area contributed by atoms with Crippen molar-refractivity contribution in [1.82, 2.24) is 5.32 Å². The van der Waals surface area contributed by atoms with Crippen molar-refractivity contribution in [2.24, 2.45) is 11.7 Å². The van der Waals surface area contributed by atoms with Gasteiger partial charge in [0.2, 0.25) is 5.91 Å². The lowest BCUT2D eigenvalue weighted by Crippen LogP contribution is -2.38. The number of halogens is 1. The fourth-order valence-electron chi connectivity index (χ4n) is 3.67. The number of nitrogens with one attached hydrogen (secondary N) is 1. The monoisotopic (exact) mass is 366 g/mol. The molecule has 0 aromatic heterocycles. The lowest BCUT2D eigenvalue weighted by Gasteiger charge is -2.28. The van der Waals surface area contributed by atoms with Crippen molar-refractivity contribution in [2.75, 3.05) is 13.2 Å². The number of benzene rings is 1. The molecule has 0 bridgehead atoms. The molecular formula is C19H27ClN2O3. The summed E-state index contributed by atoms with van der Waals surface area (Å²) in [5, 5.41) is 4.24. The van der Waals surface area contributed by atoms with Gasteiger partial charge < -0.3 is 20.5 Å². The van der Waals surface area contributed by atoms with Gasteiger partial charge in [-0.2, -0.15) is 0 Å². The molecule has 1 saturated heterocycles. The SMILES string of the molecule is NC(=O)[C@@H]1CCC[C@@H](NCc2cc(Cl)ccc2OC[C@H]2CCCO2)C1. The first-order chi connectivity index (χ1) is 12.1. The van der Waals surface area contributed by atoms with Gasteiger partial charge in [0.05, 0.1) is 6.10 Å². The van der Waals surface area contributed by atoms with E-state index in [9.17, 15) is 4.79 Å². The smallest absolute Gasteiger partial charge is 0.220 e. The zero-order chi connectivity index (χ0) is 17.6. The molecule has 2 fully saturated rings. The molecule has 5 nitrogen and oxygen atoms in total. The van der Waals surface area contributed by atoms with Gasteiger partial charge in [-0.25, -0.2) is 0 Å². The Labute approximate surface area is 154 Å². The van der Waals surface area contributed by atoms with E-state index in [1.54, 1.807) is 0 Å². The summed E-state index contributed by atoms with van der Waals surface area (Å²) in [4.78, 5) is 11.4. The fourth-order valence-corrected chi connectivity index (χ4v) is 3.87. The number of nitrogens with two attached hydrogens (primary N) is 1. The van der Waals surface area contributed by atoms with Crippen LogP contribution in [0.4, 0.5) is 0 Å². The number of carbonyl (C=O) groups excluding carboxylic acids is 1. The molecule has 3 N–H and O–H groups in total. The minimum absolute atomic E-state index is 0.0131. The molecule has 1 aromatic rings. The zero-order valence-corrected chi connectivity index (χ0v) is 15.3. The summed E-state index contributed by atoms with van der Waals surface area (Å²) >= 11 is 6.16. The van der Waals surface area contributed by atoms with Gasteiger partial charge in [0.1, 0.15) is 12.4 Å². The van der Waals surface area contributed by atoms with E-state index < -0.39 is 0 Å². The van der Waals surface area contributed by atoms with E-state index in [1.807, 2.05) is 18.2 Å². The molecule has 2 aliphatic rings. The van der Waals surface area contributed by atoms with Gasteiger partial charge in [0, 0.05) is 35.7 Å². The number of amides is 1. The van der Waals surface area contributed by atoms with E-state index in [4.69, 9.17) is 26.8 Å². The van der Waals surface area contributed by atoms with Crippen LogP contribution in [0, 0.1) is 5.92 Å². The van der Waals surface area contributed by atoms with Crippen LogP contribution in [0.1, 0.15) is 44.1 Å². The molecule has 1 aromatic carbocycles. The Morgan fingerprint density at radius 3 is 2.96 bits per heavy atom. The van der Waals surface area contributed by atoms with Gasteiger partial charge in [0.25, 0.3) is 0 Å². The van der Waals surface area contributed by atoms with Crippen molar-refractivity contribution in [2.45, 2.75) is 57.2 Å². The third-order valence-corrected chi connectivity index (χ3v) is 5.36. The molecule has 0 spiro atoms. The van der Waals surface area contributed by atoms with Crippen molar-refractivity contribution >= 4 is 17.5 Å². The average molecular weight is 367 g/mol. The Hall–Kier alpha value is -1.30. The summed E-state index contributed by atoms with van der Waals surface area (Å²) < 4.78 is 11.6. The summed E-state index contributed by atoms with van der Waals surface area (Å²) in [6.45, 7) is 2.06. The summed E-state index contributed by atoms with van der Waals surface area (Å²) in [6.07, 6.45) is 6.15. The highest BCUT2D eigenvalue weighted by atomic mass is 35.5. The van der Waals surface area contributed by atoms with E-state index in [2.05, 4.69) is 5.32 Å². The van der Waals surface area contributed by atoms with Crippen LogP contribution < -0.4 is 15.8 Å². The van der Waals surface area contributed by atoms with Gasteiger partial charge in [-0.1, -0.05) is 18.0 Å². The second kappa shape index (κ2) is 8.88. The first-order valence-electron chi connectivity index (χ1n) is 9.17. The van der Waals surface area contributed by atoms with Crippen molar-refractivity contribution in [3.05, 3.63) is 28.8 Å². The first kappa shape index (κ1) is 18.5. The normalized spacial score (nSPS) is 26.5. The summed E-state index contributed by atoms with van der Waals surface area (Å²) in [7, 11) is 0. The standard InChI is InChI=1S/C19H27ClN2O3/c20-15-6-7-18(25-12-17-5-2-8-24-17)14(9-15)11-22-16-4-1-3-13(10-16)19(21)23/h6-7,9,13,16-17,22H,1-5,8,10-12H2,(H2,21,23)/t13-,16-,17-/m1/s1. The molecule has 0 unspecified atom stereocenters. The van der Waals surface area contributed by atoms with Gasteiger partial charge in [-0.3, -0.25) is 4.79 Å². The van der Waals surface area contributed by atoms with Crippen molar-refractivity contribution in [3.8, 4) is 5.75 Å². The molecule has 3 atom stereocenters. The predicted molar refractivity (Wildman–Crippen MR) is 97.7 cm³/mol. The van der Waals surface area contributed by atoms with Gasteiger partial charge >= 0.3 is 0 Å². The maximum atomic E-state index is 11.4. The van der Waals surface area contributed by atoms with Crippen LogP contribution in [0.25, 0.3) is 0 Å². The van der Waals surface area contributed by atoms with Crippen LogP contribution in [-0.4, -0.2) is 31.3 Å².